The Kier molecular flexibility index (Phi) is 5.46. The predicted molar refractivity (Wildman–Crippen MR) is 113 cm³/mol. The first-order valence-electron chi connectivity index (χ1n) is 9.31. The number of nitrogens with one attached hydrogen (secondary N) is 2. The van der Waals surface area contributed by atoms with Gasteiger partial charge in [0.1, 0.15) is 0 Å². The van der Waals surface area contributed by atoms with Crippen LogP contribution in [0.1, 0.15) is 19.3 Å². The van der Waals surface area contributed by atoms with Gasteiger partial charge in [0.25, 0.3) is 0 Å². The molecular weight excluding hydrogens is 458 g/mol. The quantitative estimate of drug-likeness (QED) is 0.668. The van der Waals surface area contributed by atoms with E-state index < -0.39 is 15.9 Å². The molecule has 9 heteroatoms. The number of anilines is 2. The van der Waals surface area contributed by atoms with Gasteiger partial charge in [-0.3, -0.25) is 9.59 Å². The molecule has 1 aliphatic heterocycles. The molecule has 1 unspecified atom stereocenters. The van der Waals surface area contributed by atoms with E-state index in [0.29, 0.717) is 5.69 Å². The van der Waals surface area contributed by atoms with Gasteiger partial charge >= 0.3 is 0 Å². The molecule has 152 valence electrons. The normalized spacial score (nSPS) is 19.4. The van der Waals surface area contributed by atoms with Crippen LogP contribution in [0.3, 0.4) is 0 Å². The van der Waals surface area contributed by atoms with Crippen LogP contribution in [-0.4, -0.2) is 32.8 Å². The summed E-state index contributed by atoms with van der Waals surface area (Å²) in [6.07, 6.45) is 1.80. The third-order valence-corrected chi connectivity index (χ3v) is 6.94. The van der Waals surface area contributed by atoms with Gasteiger partial charge in [0, 0.05) is 34.9 Å². The summed E-state index contributed by atoms with van der Waals surface area (Å²) in [6, 6.07) is 13.5. The van der Waals surface area contributed by atoms with Gasteiger partial charge in [-0.05, 0) is 49.2 Å². The second-order valence-electron chi connectivity index (χ2n) is 7.30. The van der Waals surface area contributed by atoms with Crippen molar-refractivity contribution in [3.8, 4) is 0 Å². The molecule has 1 heterocycles. The molecular formula is C20H20BrN3O4S. The van der Waals surface area contributed by atoms with Crippen molar-refractivity contribution >= 4 is 49.1 Å². The molecule has 0 spiro atoms. The van der Waals surface area contributed by atoms with Crippen molar-refractivity contribution in [1.29, 1.82) is 0 Å². The third kappa shape index (κ3) is 4.68. The molecule has 1 atom stereocenters. The van der Waals surface area contributed by atoms with Gasteiger partial charge in [0.05, 0.1) is 10.8 Å². The van der Waals surface area contributed by atoms with Crippen LogP contribution in [0.4, 0.5) is 11.4 Å². The van der Waals surface area contributed by atoms with Crippen LogP contribution < -0.4 is 14.9 Å². The van der Waals surface area contributed by atoms with E-state index in [4.69, 9.17) is 0 Å². The monoisotopic (exact) mass is 477 g/mol. The average Bonchev–Trinajstić information content (AvgIpc) is 3.39. The SMILES string of the molecule is O=C(Nc1cccc(S(=O)(=O)NC2CC2)c1)C1CC(=O)N(c2cccc(Br)c2)C1. The second-order valence-corrected chi connectivity index (χ2v) is 9.93. The predicted octanol–water partition coefficient (Wildman–Crippen LogP) is 2.88. The highest BCUT2D eigenvalue weighted by atomic mass is 79.9. The minimum atomic E-state index is -3.60. The smallest absolute Gasteiger partial charge is 0.240 e. The highest BCUT2D eigenvalue weighted by molar-refractivity contribution is 9.10. The topological polar surface area (TPSA) is 95.6 Å². The van der Waals surface area contributed by atoms with Crippen molar-refractivity contribution in [3.05, 3.63) is 53.0 Å². The van der Waals surface area contributed by atoms with E-state index in [-0.39, 0.29) is 35.7 Å². The molecule has 0 aromatic heterocycles. The minimum Gasteiger partial charge on any atom is -0.326 e. The number of benzene rings is 2. The molecule has 0 radical (unpaired) electrons. The molecule has 29 heavy (non-hydrogen) atoms. The molecule has 1 aliphatic carbocycles. The van der Waals surface area contributed by atoms with E-state index in [1.54, 1.807) is 17.0 Å². The van der Waals surface area contributed by atoms with Crippen LogP contribution in [0.15, 0.2) is 57.9 Å². The van der Waals surface area contributed by atoms with Gasteiger partial charge < -0.3 is 10.2 Å². The third-order valence-electron chi connectivity index (χ3n) is 4.93. The lowest BCUT2D eigenvalue weighted by Gasteiger charge is -2.17. The second kappa shape index (κ2) is 7.89. The average molecular weight is 478 g/mol. The summed E-state index contributed by atoms with van der Waals surface area (Å²) in [7, 11) is -3.60. The van der Waals surface area contributed by atoms with Crippen LogP contribution >= 0.6 is 15.9 Å². The van der Waals surface area contributed by atoms with Crippen molar-refractivity contribution in [2.75, 3.05) is 16.8 Å². The molecule has 2 aromatic carbocycles. The summed E-state index contributed by atoms with van der Waals surface area (Å²) in [5, 5.41) is 2.75. The molecule has 4 rings (SSSR count). The number of carbonyl (C=O) groups excluding carboxylic acids is 2. The Morgan fingerprint density at radius 1 is 1.10 bits per heavy atom. The standard InChI is InChI=1S/C20H20BrN3O4S/c21-14-3-1-5-17(10-14)24-12-13(9-19(24)25)20(26)22-16-4-2-6-18(11-16)29(27,28)23-15-7-8-15/h1-6,10-11,13,15,23H,7-9,12H2,(H,22,26). The molecule has 2 amide bonds. The molecule has 2 fully saturated rings. The van der Waals surface area contributed by atoms with Crippen molar-refractivity contribution in [3.63, 3.8) is 0 Å². The summed E-state index contributed by atoms with van der Waals surface area (Å²) in [5.41, 5.74) is 1.13. The zero-order valence-corrected chi connectivity index (χ0v) is 17.9. The maximum atomic E-state index is 12.7. The maximum Gasteiger partial charge on any atom is 0.240 e. The molecule has 1 saturated carbocycles. The highest BCUT2D eigenvalue weighted by Gasteiger charge is 2.35. The Labute approximate surface area is 177 Å². The summed E-state index contributed by atoms with van der Waals surface area (Å²) < 4.78 is 28.2. The number of nitrogens with zero attached hydrogens (tertiary/aromatic N) is 1. The number of halogens is 1. The fraction of sp³-hybridized carbons (Fsp3) is 0.300. The van der Waals surface area contributed by atoms with Crippen LogP contribution in [0, 0.1) is 5.92 Å². The van der Waals surface area contributed by atoms with Crippen LogP contribution in [0.25, 0.3) is 0 Å². The van der Waals surface area contributed by atoms with E-state index in [2.05, 4.69) is 26.0 Å². The molecule has 2 aromatic rings. The van der Waals surface area contributed by atoms with Gasteiger partial charge in [-0.2, -0.15) is 0 Å². The summed E-state index contributed by atoms with van der Waals surface area (Å²) in [4.78, 5) is 26.8. The first-order valence-corrected chi connectivity index (χ1v) is 11.6. The Hall–Kier alpha value is -2.23. The number of hydrogen-bond donors (Lipinski definition) is 2. The Morgan fingerprint density at radius 2 is 1.86 bits per heavy atom. The molecule has 2 aliphatic rings. The summed E-state index contributed by atoms with van der Waals surface area (Å²) >= 11 is 3.39. The molecule has 2 N–H and O–H groups in total. The van der Waals surface area contributed by atoms with Crippen molar-refractivity contribution < 1.29 is 18.0 Å². The summed E-state index contributed by atoms with van der Waals surface area (Å²) in [5.74, 6) is -0.930. The van der Waals surface area contributed by atoms with E-state index in [9.17, 15) is 18.0 Å². The first kappa shape index (κ1) is 20.1. The van der Waals surface area contributed by atoms with Gasteiger partial charge in [0.15, 0.2) is 0 Å². The van der Waals surface area contributed by atoms with Crippen molar-refractivity contribution in [1.82, 2.24) is 4.72 Å². The lowest BCUT2D eigenvalue weighted by Crippen LogP contribution is -2.28. The fourth-order valence-electron chi connectivity index (χ4n) is 3.25. The lowest BCUT2D eigenvalue weighted by atomic mass is 10.1. The maximum absolute atomic E-state index is 12.7. The number of sulfonamides is 1. The van der Waals surface area contributed by atoms with Gasteiger partial charge in [-0.15, -0.1) is 0 Å². The summed E-state index contributed by atoms with van der Waals surface area (Å²) in [6.45, 7) is 0.280. The van der Waals surface area contributed by atoms with Gasteiger partial charge in [-0.1, -0.05) is 28.1 Å². The zero-order valence-electron chi connectivity index (χ0n) is 15.5. The number of rotatable bonds is 6. The fourth-order valence-corrected chi connectivity index (χ4v) is 4.99. The lowest BCUT2D eigenvalue weighted by molar-refractivity contribution is -0.122. The van der Waals surface area contributed by atoms with E-state index in [1.165, 1.54) is 12.1 Å². The zero-order chi connectivity index (χ0) is 20.6. The van der Waals surface area contributed by atoms with Crippen LogP contribution in [0.2, 0.25) is 0 Å². The number of hydrogen-bond acceptors (Lipinski definition) is 4. The van der Waals surface area contributed by atoms with Crippen LogP contribution in [0.5, 0.6) is 0 Å². The molecule has 7 nitrogen and oxygen atoms in total. The van der Waals surface area contributed by atoms with Crippen LogP contribution in [-0.2, 0) is 19.6 Å². The largest absolute Gasteiger partial charge is 0.326 e. The number of carbonyl (C=O) groups is 2. The molecule has 1 saturated heterocycles. The van der Waals surface area contributed by atoms with E-state index >= 15 is 0 Å². The number of amides is 2. The molecule has 0 bridgehead atoms. The minimum absolute atomic E-state index is 0.00625. The van der Waals surface area contributed by atoms with Gasteiger partial charge in [-0.25, -0.2) is 13.1 Å². The van der Waals surface area contributed by atoms with Crippen molar-refractivity contribution in [2.24, 2.45) is 5.92 Å². The Balaban J connectivity index is 1.44. The van der Waals surface area contributed by atoms with E-state index in [1.807, 2.05) is 24.3 Å². The van der Waals surface area contributed by atoms with Crippen molar-refractivity contribution in [2.45, 2.75) is 30.2 Å². The Bertz CT molecular complexity index is 1070. The Morgan fingerprint density at radius 3 is 2.59 bits per heavy atom. The first-order chi connectivity index (χ1) is 13.8. The highest BCUT2D eigenvalue weighted by Crippen LogP contribution is 2.28. The van der Waals surface area contributed by atoms with E-state index in [0.717, 1.165) is 23.0 Å². The van der Waals surface area contributed by atoms with Gasteiger partial charge in [0.2, 0.25) is 21.8 Å².